The number of rotatable bonds is 6. The molecule has 0 atom stereocenters. The molecule has 9 heteroatoms. The third-order valence-corrected chi connectivity index (χ3v) is 6.14. The number of anilines is 2. The molecule has 0 bridgehead atoms. The van der Waals surface area contributed by atoms with E-state index in [4.69, 9.17) is 11.6 Å². The van der Waals surface area contributed by atoms with Crippen LogP contribution in [0.1, 0.15) is 41.5 Å². The minimum absolute atomic E-state index is 0.0531. The lowest BCUT2D eigenvalue weighted by Gasteiger charge is -2.21. The van der Waals surface area contributed by atoms with Crippen LogP contribution in [-0.4, -0.2) is 25.8 Å². The molecule has 3 aromatic rings. The van der Waals surface area contributed by atoms with Crippen molar-refractivity contribution in [1.29, 1.82) is 0 Å². The first kappa shape index (κ1) is 24.3. The Kier molecular flexibility index (Phi) is 7.09. The summed E-state index contributed by atoms with van der Waals surface area (Å²) in [6.07, 6.45) is 0. The fourth-order valence-corrected chi connectivity index (χ4v) is 4.30. The summed E-state index contributed by atoms with van der Waals surface area (Å²) in [6.45, 7) is 5.58. The van der Waals surface area contributed by atoms with Crippen molar-refractivity contribution in [1.82, 2.24) is 5.32 Å². The Balaban J connectivity index is 1.79. The second-order valence-corrected chi connectivity index (χ2v) is 10.4. The molecule has 172 valence electrons. The first-order valence-corrected chi connectivity index (χ1v) is 11.9. The molecule has 0 radical (unpaired) electrons. The first-order chi connectivity index (χ1) is 15.5. The number of para-hydroxylation sites is 1. The van der Waals surface area contributed by atoms with Crippen LogP contribution in [0.15, 0.2) is 77.7 Å². The maximum Gasteiger partial charge on any atom is 0.261 e. The fraction of sp³-hybridized carbons (Fsp3) is 0.167. The maximum absolute atomic E-state index is 12.8. The van der Waals surface area contributed by atoms with Crippen LogP contribution in [0, 0.1) is 0 Å². The van der Waals surface area contributed by atoms with E-state index in [0.29, 0.717) is 11.3 Å². The zero-order valence-corrected chi connectivity index (χ0v) is 19.9. The zero-order valence-electron chi connectivity index (χ0n) is 18.3. The second kappa shape index (κ2) is 9.64. The molecule has 0 saturated heterocycles. The van der Waals surface area contributed by atoms with Crippen molar-refractivity contribution in [3.8, 4) is 0 Å². The van der Waals surface area contributed by atoms with Crippen molar-refractivity contribution in [2.45, 2.75) is 31.2 Å². The number of hydrogen-bond acceptors (Lipinski definition) is 4. The van der Waals surface area contributed by atoms with Crippen molar-refractivity contribution < 1.29 is 18.0 Å². The molecule has 3 aromatic carbocycles. The molecule has 7 nitrogen and oxygen atoms in total. The number of sulfonamides is 1. The summed E-state index contributed by atoms with van der Waals surface area (Å²) in [6, 6.07) is 18.7. The lowest BCUT2D eigenvalue weighted by molar-refractivity contribution is 0.0920. The van der Waals surface area contributed by atoms with Crippen molar-refractivity contribution in [2.24, 2.45) is 0 Å². The van der Waals surface area contributed by atoms with Crippen LogP contribution < -0.4 is 15.4 Å². The Morgan fingerprint density at radius 2 is 1.45 bits per heavy atom. The molecule has 0 heterocycles. The van der Waals surface area contributed by atoms with Crippen LogP contribution in [-0.2, 0) is 10.0 Å². The number of benzene rings is 3. The molecule has 3 N–H and O–H groups in total. The predicted molar refractivity (Wildman–Crippen MR) is 130 cm³/mol. The predicted octanol–water partition coefficient (Wildman–Crippen LogP) is 4.92. The number of nitrogens with one attached hydrogen (secondary N) is 3. The van der Waals surface area contributed by atoms with Gasteiger partial charge in [0, 0.05) is 5.54 Å². The van der Waals surface area contributed by atoms with Gasteiger partial charge in [-0.1, -0.05) is 41.9 Å². The summed E-state index contributed by atoms with van der Waals surface area (Å²) in [5, 5.41) is 5.62. The van der Waals surface area contributed by atoms with Gasteiger partial charge < -0.3 is 10.6 Å². The van der Waals surface area contributed by atoms with Crippen molar-refractivity contribution in [2.75, 3.05) is 10.0 Å². The van der Waals surface area contributed by atoms with Crippen LogP contribution in [0.3, 0.4) is 0 Å². The smallest absolute Gasteiger partial charge is 0.261 e. The Morgan fingerprint density at radius 3 is 2.09 bits per heavy atom. The second-order valence-electron chi connectivity index (χ2n) is 8.32. The minimum Gasteiger partial charge on any atom is -0.347 e. The highest BCUT2D eigenvalue weighted by molar-refractivity contribution is 7.92. The van der Waals surface area contributed by atoms with E-state index in [-0.39, 0.29) is 27.1 Å². The Bertz CT molecular complexity index is 1290. The highest BCUT2D eigenvalue weighted by atomic mass is 35.5. The van der Waals surface area contributed by atoms with Gasteiger partial charge in [-0.15, -0.1) is 0 Å². The van der Waals surface area contributed by atoms with Crippen LogP contribution in [0.5, 0.6) is 0 Å². The van der Waals surface area contributed by atoms with Gasteiger partial charge in [-0.2, -0.15) is 0 Å². The number of hydrogen-bond donors (Lipinski definition) is 3. The largest absolute Gasteiger partial charge is 0.347 e. The van der Waals surface area contributed by atoms with Crippen molar-refractivity contribution in [3.05, 3.63) is 88.9 Å². The van der Waals surface area contributed by atoms with E-state index in [1.165, 1.54) is 30.3 Å². The molecule has 0 spiro atoms. The third-order valence-electron chi connectivity index (χ3n) is 4.43. The Hall–Kier alpha value is -3.36. The highest BCUT2D eigenvalue weighted by Gasteiger charge is 2.20. The molecule has 0 saturated carbocycles. The SMILES string of the molecule is CC(C)(C)NC(=O)c1ccccc1NC(=O)c1ccc(NS(=O)(=O)c2ccccc2)cc1Cl. The molecule has 0 fully saturated rings. The molecule has 0 aromatic heterocycles. The lowest BCUT2D eigenvalue weighted by atomic mass is 10.1. The monoisotopic (exact) mass is 485 g/mol. The fourth-order valence-electron chi connectivity index (χ4n) is 2.96. The van der Waals surface area contributed by atoms with Crippen molar-refractivity contribution in [3.63, 3.8) is 0 Å². The van der Waals surface area contributed by atoms with Gasteiger partial charge in [-0.05, 0) is 63.2 Å². The molecule has 0 aliphatic heterocycles. The average Bonchev–Trinajstić information content (AvgIpc) is 2.73. The summed E-state index contributed by atoms with van der Waals surface area (Å²) >= 11 is 6.28. The topological polar surface area (TPSA) is 104 Å². The normalized spacial score (nSPS) is 11.5. The lowest BCUT2D eigenvalue weighted by Crippen LogP contribution is -2.40. The van der Waals surface area contributed by atoms with E-state index in [9.17, 15) is 18.0 Å². The summed E-state index contributed by atoms with van der Waals surface area (Å²) in [5.41, 5.74) is 0.537. The van der Waals surface area contributed by atoms with Gasteiger partial charge in [0.05, 0.1) is 32.4 Å². The number of halogens is 1. The average molecular weight is 486 g/mol. The van der Waals surface area contributed by atoms with Gasteiger partial charge in [-0.3, -0.25) is 14.3 Å². The summed E-state index contributed by atoms with van der Waals surface area (Å²) in [7, 11) is -3.80. The van der Waals surface area contributed by atoms with E-state index in [2.05, 4.69) is 15.4 Å². The number of carbonyl (C=O) groups excluding carboxylic acids is 2. The van der Waals surface area contributed by atoms with Crippen LogP contribution in [0.25, 0.3) is 0 Å². The first-order valence-electron chi connectivity index (χ1n) is 10.1. The summed E-state index contributed by atoms with van der Waals surface area (Å²) < 4.78 is 27.4. The molecule has 0 aliphatic rings. The molecule has 2 amide bonds. The van der Waals surface area contributed by atoms with Gasteiger partial charge in [0.15, 0.2) is 0 Å². The van der Waals surface area contributed by atoms with Gasteiger partial charge in [0.25, 0.3) is 21.8 Å². The molecular formula is C24H24ClN3O4S. The van der Waals surface area contributed by atoms with Crippen molar-refractivity contribution >= 4 is 44.8 Å². The zero-order chi connectivity index (χ0) is 24.2. The highest BCUT2D eigenvalue weighted by Crippen LogP contribution is 2.25. The maximum atomic E-state index is 12.8. The molecule has 33 heavy (non-hydrogen) atoms. The van der Waals surface area contributed by atoms with E-state index in [1.54, 1.807) is 42.5 Å². The standard InChI is InChI=1S/C24H24ClN3O4S/c1-24(2,3)27-23(30)19-11-7-8-12-21(19)26-22(29)18-14-13-16(15-20(18)25)28-33(31,32)17-9-5-4-6-10-17/h4-15,28H,1-3H3,(H,26,29)(H,27,30). The molecule has 3 rings (SSSR count). The van der Waals surface area contributed by atoms with Gasteiger partial charge in [-0.25, -0.2) is 8.42 Å². The van der Waals surface area contributed by atoms with Crippen LogP contribution >= 0.6 is 11.6 Å². The van der Waals surface area contributed by atoms with E-state index in [1.807, 2.05) is 20.8 Å². The Morgan fingerprint density at radius 1 is 0.818 bits per heavy atom. The number of amides is 2. The van der Waals surface area contributed by atoms with Gasteiger partial charge >= 0.3 is 0 Å². The van der Waals surface area contributed by atoms with E-state index in [0.717, 1.165) is 0 Å². The molecule has 0 unspecified atom stereocenters. The third kappa shape index (κ3) is 6.34. The molecule has 0 aliphatic carbocycles. The van der Waals surface area contributed by atoms with Crippen LogP contribution in [0.4, 0.5) is 11.4 Å². The molecular weight excluding hydrogens is 462 g/mol. The summed E-state index contributed by atoms with van der Waals surface area (Å²) in [5.74, 6) is -0.858. The van der Waals surface area contributed by atoms with Gasteiger partial charge in [0.1, 0.15) is 0 Å². The quantitative estimate of drug-likeness (QED) is 0.460. The number of carbonyl (C=O) groups is 2. The Labute approximate surface area is 198 Å². The van der Waals surface area contributed by atoms with E-state index < -0.39 is 21.5 Å². The minimum atomic E-state index is -3.80. The van der Waals surface area contributed by atoms with Gasteiger partial charge in [0.2, 0.25) is 0 Å². The summed E-state index contributed by atoms with van der Waals surface area (Å²) in [4.78, 5) is 25.6. The van der Waals surface area contributed by atoms with E-state index >= 15 is 0 Å². The van der Waals surface area contributed by atoms with Crippen LogP contribution in [0.2, 0.25) is 5.02 Å².